The number of rotatable bonds is 6. The van der Waals surface area contributed by atoms with E-state index in [0.717, 1.165) is 31.4 Å². The minimum absolute atomic E-state index is 0.00652. The molecule has 0 radical (unpaired) electrons. The molecule has 0 spiro atoms. The molecule has 1 unspecified atom stereocenters. The van der Waals surface area contributed by atoms with E-state index < -0.39 is 15.8 Å². The predicted molar refractivity (Wildman–Crippen MR) is 116 cm³/mol. The summed E-state index contributed by atoms with van der Waals surface area (Å²) in [6, 6.07) is 13.0. The number of carbonyl (C=O) groups is 1. The van der Waals surface area contributed by atoms with E-state index in [1.807, 2.05) is 12.1 Å². The summed E-state index contributed by atoms with van der Waals surface area (Å²) in [7, 11) is -3.68. The number of fused-ring (bicyclic) bond motifs is 1. The summed E-state index contributed by atoms with van der Waals surface area (Å²) in [5.41, 5.74) is 2.53. The standard InChI is InChI=1S/C23H28FN3O3S/c24-18-8-10-20(11-9-18)31(29,30)26-19-12-14-27(15-13-19)16-23(28)25-22-7-3-5-17-4-1-2-6-21(17)22/h1-2,4,6,8-11,19,22,26H,3,5,7,12-16H2,(H,25,28). The highest BCUT2D eigenvalue weighted by atomic mass is 32.2. The number of nitrogens with zero attached hydrogens (tertiary/aromatic N) is 1. The molecule has 0 aromatic heterocycles. The Morgan fingerprint density at radius 2 is 1.74 bits per heavy atom. The van der Waals surface area contributed by atoms with Crippen LogP contribution >= 0.6 is 0 Å². The van der Waals surface area contributed by atoms with Crippen LogP contribution in [0.4, 0.5) is 4.39 Å². The SMILES string of the molecule is O=C(CN1CCC(NS(=O)(=O)c2ccc(F)cc2)CC1)NC1CCCc2ccccc21. The number of piperidine rings is 1. The number of hydrogen-bond acceptors (Lipinski definition) is 4. The highest BCUT2D eigenvalue weighted by molar-refractivity contribution is 7.89. The zero-order chi connectivity index (χ0) is 21.8. The van der Waals surface area contributed by atoms with Crippen LogP contribution in [0.1, 0.15) is 42.9 Å². The molecule has 6 nitrogen and oxygen atoms in total. The van der Waals surface area contributed by atoms with Gasteiger partial charge in [-0.25, -0.2) is 17.5 Å². The quantitative estimate of drug-likeness (QED) is 0.717. The van der Waals surface area contributed by atoms with Crippen LogP contribution < -0.4 is 10.0 Å². The summed E-state index contributed by atoms with van der Waals surface area (Å²) >= 11 is 0. The lowest BCUT2D eigenvalue weighted by Gasteiger charge is -2.32. The van der Waals surface area contributed by atoms with Crippen molar-refractivity contribution in [2.24, 2.45) is 0 Å². The van der Waals surface area contributed by atoms with Crippen LogP contribution in [-0.2, 0) is 21.2 Å². The predicted octanol–water partition coefficient (Wildman–Crippen LogP) is 2.76. The van der Waals surface area contributed by atoms with Crippen molar-refractivity contribution in [3.8, 4) is 0 Å². The van der Waals surface area contributed by atoms with Gasteiger partial charge in [-0.15, -0.1) is 0 Å². The molecule has 1 amide bonds. The highest BCUT2D eigenvalue weighted by Crippen LogP contribution is 2.29. The van der Waals surface area contributed by atoms with Gasteiger partial charge in [-0.3, -0.25) is 9.69 Å². The molecule has 31 heavy (non-hydrogen) atoms. The molecule has 1 aliphatic carbocycles. The van der Waals surface area contributed by atoms with Gasteiger partial charge in [-0.1, -0.05) is 24.3 Å². The molecule has 2 N–H and O–H groups in total. The molecular weight excluding hydrogens is 417 g/mol. The first kappa shape index (κ1) is 21.9. The smallest absolute Gasteiger partial charge is 0.240 e. The number of nitrogens with one attached hydrogen (secondary N) is 2. The van der Waals surface area contributed by atoms with Gasteiger partial charge < -0.3 is 5.32 Å². The molecule has 0 bridgehead atoms. The average Bonchev–Trinajstić information content (AvgIpc) is 2.75. The van der Waals surface area contributed by atoms with Crippen molar-refractivity contribution in [2.75, 3.05) is 19.6 Å². The Bertz CT molecular complexity index is 1020. The topological polar surface area (TPSA) is 78.5 Å². The molecule has 8 heteroatoms. The van der Waals surface area contributed by atoms with Crippen molar-refractivity contribution in [1.29, 1.82) is 0 Å². The maximum atomic E-state index is 13.0. The van der Waals surface area contributed by atoms with Gasteiger partial charge in [0, 0.05) is 19.1 Å². The minimum Gasteiger partial charge on any atom is -0.348 e. The van der Waals surface area contributed by atoms with Crippen molar-refractivity contribution in [3.05, 3.63) is 65.5 Å². The average molecular weight is 446 g/mol. The second-order valence-corrected chi connectivity index (χ2v) is 10.1. The maximum Gasteiger partial charge on any atom is 0.240 e. The van der Waals surface area contributed by atoms with Gasteiger partial charge in [0.05, 0.1) is 17.5 Å². The third-order valence-electron chi connectivity index (χ3n) is 6.11. The van der Waals surface area contributed by atoms with Gasteiger partial charge >= 0.3 is 0 Å². The zero-order valence-electron chi connectivity index (χ0n) is 17.4. The number of hydrogen-bond donors (Lipinski definition) is 2. The first-order valence-corrected chi connectivity index (χ1v) is 12.3. The van der Waals surface area contributed by atoms with Gasteiger partial charge in [0.15, 0.2) is 0 Å². The van der Waals surface area contributed by atoms with Crippen LogP contribution in [0, 0.1) is 5.82 Å². The first-order chi connectivity index (χ1) is 14.9. The van der Waals surface area contributed by atoms with Crippen LogP contribution in [0.5, 0.6) is 0 Å². The van der Waals surface area contributed by atoms with E-state index in [4.69, 9.17) is 0 Å². The van der Waals surface area contributed by atoms with Crippen LogP contribution in [0.3, 0.4) is 0 Å². The van der Waals surface area contributed by atoms with Crippen molar-refractivity contribution in [1.82, 2.24) is 14.9 Å². The molecule has 2 aliphatic rings. The Hall–Kier alpha value is -2.29. The van der Waals surface area contributed by atoms with E-state index in [2.05, 4.69) is 27.1 Å². The summed E-state index contributed by atoms with van der Waals surface area (Å²) in [6.07, 6.45) is 4.33. The minimum atomic E-state index is -3.68. The number of carbonyl (C=O) groups excluding carboxylic acids is 1. The van der Waals surface area contributed by atoms with E-state index in [9.17, 15) is 17.6 Å². The second-order valence-electron chi connectivity index (χ2n) is 8.34. The van der Waals surface area contributed by atoms with Gasteiger partial charge in [0.1, 0.15) is 5.82 Å². The number of aryl methyl sites for hydroxylation is 1. The van der Waals surface area contributed by atoms with E-state index in [0.29, 0.717) is 32.5 Å². The van der Waals surface area contributed by atoms with Crippen LogP contribution in [0.2, 0.25) is 0 Å². The van der Waals surface area contributed by atoms with Gasteiger partial charge in [-0.2, -0.15) is 0 Å². The molecule has 1 aliphatic heterocycles. The van der Waals surface area contributed by atoms with Crippen LogP contribution in [0.25, 0.3) is 0 Å². The Morgan fingerprint density at radius 1 is 1.03 bits per heavy atom. The Balaban J connectivity index is 1.26. The fourth-order valence-electron chi connectivity index (χ4n) is 4.46. The summed E-state index contributed by atoms with van der Waals surface area (Å²) < 4.78 is 40.7. The lowest BCUT2D eigenvalue weighted by atomic mass is 9.88. The number of sulfonamides is 1. The molecule has 1 heterocycles. The Labute approximate surface area is 182 Å². The molecule has 4 rings (SSSR count). The normalized spacial score (nSPS) is 20.2. The monoisotopic (exact) mass is 445 g/mol. The fraction of sp³-hybridized carbons (Fsp3) is 0.435. The Morgan fingerprint density at radius 3 is 2.48 bits per heavy atom. The summed E-state index contributed by atoms with van der Waals surface area (Å²) in [5, 5.41) is 3.18. The Kier molecular flexibility index (Phi) is 6.69. The summed E-state index contributed by atoms with van der Waals surface area (Å²) in [5.74, 6) is -0.464. The maximum absolute atomic E-state index is 13.0. The molecule has 0 saturated carbocycles. The highest BCUT2D eigenvalue weighted by Gasteiger charge is 2.27. The largest absolute Gasteiger partial charge is 0.348 e. The number of halogens is 1. The fourth-order valence-corrected chi connectivity index (χ4v) is 5.76. The lowest BCUT2D eigenvalue weighted by molar-refractivity contribution is -0.123. The van der Waals surface area contributed by atoms with Crippen molar-refractivity contribution < 1.29 is 17.6 Å². The number of benzene rings is 2. The van der Waals surface area contributed by atoms with Gasteiger partial charge in [0.2, 0.25) is 15.9 Å². The molecular formula is C23H28FN3O3S. The third-order valence-corrected chi connectivity index (χ3v) is 7.64. The molecule has 1 fully saturated rings. The number of amides is 1. The van der Waals surface area contributed by atoms with E-state index in [1.165, 1.54) is 23.3 Å². The number of likely N-dealkylation sites (tertiary alicyclic amines) is 1. The van der Waals surface area contributed by atoms with E-state index in [1.54, 1.807) is 0 Å². The second kappa shape index (κ2) is 9.46. The lowest BCUT2D eigenvalue weighted by Crippen LogP contribution is -2.47. The molecule has 2 aromatic carbocycles. The summed E-state index contributed by atoms with van der Waals surface area (Å²) in [4.78, 5) is 14.7. The van der Waals surface area contributed by atoms with Crippen molar-refractivity contribution in [3.63, 3.8) is 0 Å². The van der Waals surface area contributed by atoms with E-state index >= 15 is 0 Å². The molecule has 1 saturated heterocycles. The third kappa shape index (κ3) is 5.50. The van der Waals surface area contributed by atoms with Crippen molar-refractivity contribution in [2.45, 2.75) is 49.1 Å². The first-order valence-electron chi connectivity index (χ1n) is 10.8. The molecule has 166 valence electrons. The molecule has 1 atom stereocenters. The van der Waals surface area contributed by atoms with Gasteiger partial charge in [-0.05, 0) is 67.5 Å². The van der Waals surface area contributed by atoms with Crippen LogP contribution in [-0.4, -0.2) is 44.9 Å². The molecule has 2 aromatic rings. The van der Waals surface area contributed by atoms with E-state index in [-0.39, 0.29) is 22.9 Å². The zero-order valence-corrected chi connectivity index (χ0v) is 18.2. The van der Waals surface area contributed by atoms with Gasteiger partial charge in [0.25, 0.3) is 0 Å². The van der Waals surface area contributed by atoms with Crippen LogP contribution in [0.15, 0.2) is 53.4 Å². The summed E-state index contributed by atoms with van der Waals surface area (Å²) in [6.45, 7) is 1.60. The van der Waals surface area contributed by atoms with Crippen molar-refractivity contribution >= 4 is 15.9 Å².